The number of methoxy groups -OCH3 is 1. The summed E-state index contributed by atoms with van der Waals surface area (Å²) in [5.41, 5.74) is 5.45. The highest BCUT2D eigenvalue weighted by atomic mass is 35.5. The first kappa shape index (κ1) is 11.7. The van der Waals surface area contributed by atoms with E-state index < -0.39 is 12.0 Å². The molecule has 0 aliphatic carbocycles. The Hall–Kier alpha value is -1.33. The predicted octanol–water partition coefficient (Wildman–Crippen LogP) is 0.614. The maximum Gasteiger partial charge on any atom is 0.326 e. The molecule has 1 atom stereocenters. The number of carbonyl (C=O) groups excluding carboxylic acids is 1. The van der Waals surface area contributed by atoms with Crippen molar-refractivity contribution in [1.82, 2.24) is 4.98 Å². The minimum Gasteiger partial charge on any atom is -0.475 e. The minimum atomic E-state index is -0.813. The number of esters is 1. The van der Waals surface area contributed by atoms with Crippen LogP contribution in [0.25, 0.3) is 0 Å². The number of hydrogen-bond donors (Lipinski definition) is 1. The number of ether oxygens (including phenoxy) is 2. The lowest BCUT2D eigenvalue weighted by molar-refractivity contribution is -0.142. The predicted molar refractivity (Wildman–Crippen MR) is 54.7 cm³/mol. The number of pyridine rings is 1. The smallest absolute Gasteiger partial charge is 0.326 e. The van der Waals surface area contributed by atoms with E-state index in [4.69, 9.17) is 22.1 Å². The molecule has 0 radical (unpaired) electrons. The fourth-order valence-electron chi connectivity index (χ4n) is 0.842. The molecule has 0 aromatic carbocycles. The third-order valence-electron chi connectivity index (χ3n) is 1.61. The third-order valence-corrected chi connectivity index (χ3v) is 1.84. The lowest BCUT2D eigenvalue weighted by atomic mass is 10.3. The van der Waals surface area contributed by atoms with Crippen LogP contribution in [0, 0.1) is 0 Å². The van der Waals surface area contributed by atoms with Crippen LogP contribution in [0.5, 0.6) is 5.88 Å². The first-order chi connectivity index (χ1) is 7.13. The van der Waals surface area contributed by atoms with Gasteiger partial charge in [-0.1, -0.05) is 11.6 Å². The van der Waals surface area contributed by atoms with Gasteiger partial charge in [-0.05, 0) is 6.07 Å². The van der Waals surface area contributed by atoms with Crippen molar-refractivity contribution < 1.29 is 14.3 Å². The Kier molecular flexibility index (Phi) is 4.33. The molecule has 0 spiro atoms. The van der Waals surface area contributed by atoms with Crippen LogP contribution in [-0.2, 0) is 9.53 Å². The van der Waals surface area contributed by atoms with Gasteiger partial charge in [0.2, 0.25) is 5.88 Å². The molecule has 1 unspecified atom stereocenters. The second kappa shape index (κ2) is 5.53. The minimum absolute atomic E-state index is 0.0152. The first-order valence-corrected chi connectivity index (χ1v) is 4.59. The van der Waals surface area contributed by atoms with Gasteiger partial charge < -0.3 is 15.2 Å². The normalized spacial score (nSPS) is 11.9. The van der Waals surface area contributed by atoms with Crippen LogP contribution in [0.1, 0.15) is 0 Å². The van der Waals surface area contributed by atoms with Crippen molar-refractivity contribution in [2.24, 2.45) is 5.73 Å². The Labute approximate surface area is 92.1 Å². The van der Waals surface area contributed by atoms with E-state index in [1.807, 2.05) is 0 Å². The molecule has 0 amide bonds. The van der Waals surface area contributed by atoms with E-state index in [2.05, 4.69) is 9.72 Å². The molecule has 0 bridgehead atoms. The molecule has 0 saturated carbocycles. The summed E-state index contributed by atoms with van der Waals surface area (Å²) in [5, 5.41) is 0.514. The molecule has 5 nitrogen and oxygen atoms in total. The maximum absolute atomic E-state index is 10.9. The van der Waals surface area contributed by atoms with Crippen LogP contribution in [0.4, 0.5) is 0 Å². The van der Waals surface area contributed by atoms with Crippen LogP contribution in [0.3, 0.4) is 0 Å². The van der Waals surface area contributed by atoms with Crippen LogP contribution < -0.4 is 10.5 Å². The van der Waals surface area contributed by atoms with Gasteiger partial charge in [0.1, 0.15) is 12.6 Å². The van der Waals surface area contributed by atoms with Gasteiger partial charge in [-0.25, -0.2) is 4.98 Å². The number of nitrogens with zero attached hydrogens (tertiary/aromatic N) is 1. The van der Waals surface area contributed by atoms with Crippen molar-refractivity contribution in [2.45, 2.75) is 6.04 Å². The molecule has 2 N–H and O–H groups in total. The fraction of sp³-hybridized carbons (Fsp3) is 0.333. The molecule has 6 heteroatoms. The molecule has 0 saturated heterocycles. The molecule has 1 rings (SSSR count). The lowest BCUT2D eigenvalue weighted by Gasteiger charge is -2.10. The second-order valence-electron chi connectivity index (χ2n) is 2.76. The Morgan fingerprint density at radius 3 is 2.93 bits per heavy atom. The van der Waals surface area contributed by atoms with Crippen molar-refractivity contribution in [3.63, 3.8) is 0 Å². The average molecular weight is 231 g/mol. The Bertz CT molecular complexity index is 329. The van der Waals surface area contributed by atoms with Gasteiger partial charge in [0.15, 0.2) is 0 Å². The Morgan fingerprint density at radius 1 is 1.67 bits per heavy atom. The van der Waals surface area contributed by atoms with E-state index in [1.54, 1.807) is 12.1 Å². The molecule has 1 heterocycles. The first-order valence-electron chi connectivity index (χ1n) is 4.21. The molecular formula is C9H11ClN2O3. The molecule has 15 heavy (non-hydrogen) atoms. The molecule has 1 aromatic heterocycles. The largest absolute Gasteiger partial charge is 0.475 e. The van der Waals surface area contributed by atoms with E-state index in [-0.39, 0.29) is 6.61 Å². The highest BCUT2D eigenvalue weighted by molar-refractivity contribution is 6.30. The molecular weight excluding hydrogens is 220 g/mol. The summed E-state index contributed by atoms with van der Waals surface area (Å²) < 4.78 is 9.58. The van der Waals surface area contributed by atoms with Gasteiger partial charge in [-0.2, -0.15) is 0 Å². The van der Waals surface area contributed by atoms with Gasteiger partial charge in [-0.15, -0.1) is 0 Å². The van der Waals surface area contributed by atoms with Crippen LogP contribution >= 0.6 is 11.6 Å². The highest BCUT2D eigenvalue weighted by Crippen LogP contribution is 2.11. The van der Waals surface area contributed by atoms with Crippen LogP contribution in [-0.4, -0.2) is 30.7 Å². The topological polar surface area (TPSA) is 74.4 Å². The molecule has 1 aromatic rings. The number of aromatic nitrogens is 1. The maximum atomic E-state index is 10.9. The Morgan fingerprint density at radius 2 is 2.40 bits per heavy atom. The van der Waals surface area contributed by atoms with Gasteiger partial charge in [-0.3, -0.25) is 4.79 Å². The lowest BCUT2D eigenvalue weighted by Crippen LogP contribution is -2.37. The summed E-state index contributed by atoms with van der Waals surface area (Å²) >= 11 is 5.63. The van der Waals surface area contributed by atoms with Gasteiger partial charge in [0.05, 0.1) is 12.1 Å². The monoisotopic (exact) mass is 230 g/mol. The number of rotatable bonds is 4. The highest BCUT2D eigenvalue weighted by Gasteiger charge is 2.14. The zero-order chi connectivity index (χ0) is 11.3. The zero-order valence-electron chi connectivity index (χ0n) is 8.14. The number of carbonyl (C=O) groups is 1. The van der Waals surface area contributed by atoms with Crippen molar-refractivity contribution in [1.29, 1.82) is 0 Å². The van der Waals surface area contributed by atoms with Crippen LogP contribution in [0.15, 0.2) is 18.3 Å². The summed E-state index contributed by atoms with van der Waals surface area (Å²) in [7, 11) is 1.27. The SMILES string of the molecule is COC(=O)C(N)COc1ccc(Cl)cn1. The summed E-state index contributed by atoms with van der Waals surface area (Å²) in [4.78, 5) is 14.8. The average Bonchev–Trinajstić information content (AvgIpc) is 2.26. The number of hydrogen-bond acceptors (Lipinski definition) is 5. The Balaban J connectivity index is 2.43. The standard InChI is InChI=1S/C9H11ClN2O3/c1-14-9(13)7(11)5-15-8-3-2-6(10)4-12-8/h2-4,7H,5,11H2,1H3. The van der Waals surface area contributed by atoms with E-state index in [0.717, 1.165) is 0 Å². The van der Waals surface area contributed by atoms with Crippen molar-refractivity contribution >= 4 is 17.6 Å². The molecule has 0 aliphatic rings. The number of nitrogens with two attached hydrogens (primary N) is 1. The second-order valence-corrected chi connectivity index (χ2v) is 3.19. The van der Waals surface area contributed by atoms with Gasteiger partial charge in [0.25, 0.3) is 0 Å². The van der Waals surface area contributed by atoms with E-state index in [9.17, 15) is 4.79 Å². The zero-order valence-corrected chi connectivity index (χ0v) is 8.90. The van der Waals surface area contributed by atoms with E-state index in [0.29, 0.717) is 10.9 Å². The van der Waals surface area contributed by atoms with E-state index in [1.165, 1.54) is 13.3 Å². The molecule has 82 valence electrons. The quantitative estimate of drug-likeness (QED) is 0.768. The third kappa shape index (κ3) is 3.73. The van der Waals surface area contributed by atoms with Crippen molar-refractivity contribution in [3.8, 4) is 5.88 Å². The molecule has 0 aliphatic heterocycles. The van der Waals surface area contributed by atoms with Gasteiger partial charge in [0, 0.05) is 12.3 Å². The molecule has 0 fully saturated rings. The van der Waals surface area contributed by atoms with Gasteiger partial charge >= 0.3 is 5.97 Å². The van der Waals surface area contributed by atoms with Crippen molar-refractivity contribution in [3.05, 3.63) is 23.4 Å². The van der Waals surface area contributed by atoms with Crippen molar-refractivity contribution in [2.75, 3.05) is 13.7 Å². The summed E-state index contributed by atoms with van der Waals surface area (Å²) in [6.45, 7) is 0.0152. The summed E-state index contributed by atoms with van der Waals surface area (Å²) in [6.07, 6.45) is 1.44. The summed E-state index contributed by atoms with van der Waals surface area (Å²) in [6, 6.07) is 2.41. The summed E-state index contributed by atoms with van der Waals surface area (Å²) in [5.74, 6) is -0.164. The fourth-order valence-corrected chi connectivity index (χ4v) is 0.954. The van der Waals surface area contributed by atoms with Crippen LogP contribution in [0.2, 0.25) is 5.02 Å². The number of halogens is 1. The van der Waals surface area contributed by atoms with E-state index >= 15 is 0 Å².